The van der Waals surface area contributed by atoms with Crippen LogP contribution in [0.5, 0.6) is 5.75 Å². The van der Waals surface area contributed by atoms with E-state index < -0.39 is 5.41 Å². The van der Waals surface area contributed by atoms with E-state index >= 15 is 0 Å². The van der Waals surface area contributed by atoms with E-state index in [1.807, 2.05) is 124 Å². The molecule has 0 aliphatic rings. The number of fused-ring (bicyclic) bond motifs is 11. The summed E-state index contributed by atoms with van der Waals surface area (Å²) in [4.78, 5) is 37.9. The minimum Gasteiger partial charge on any atom is -0.464 e. The van der Waals surface area contributed by atoms with Gasteiger partial charge < -0.3 is 18.6 Å². The number of esters is 1. The van der Waals surface area contributed by atoms with E-state index in [1.165, 1.54) is 171 Å². The molecule has 20 nitrogen and oxygen atoms in total. The van der Waals surface area contributed by atoms with Crippen LogP contribution < -0.4 is 4.74 Å². The Balaban J connectivity index is 0.000000473. The molecular weight excluding hydrogens is 1610 g/mol. The number of ether oxygens (including phenoxy) is 1. The predicted molar refractivity (Wildman–Crippen MR) is 514 cm³/mol. The molecular formula is C102H134N2O18S2. The second-order valence-corrected chi connectivity index (χ2v) is 31.5. The van der Waals surface area contributed by atoms with Crippen molar-refractivity contribution in [2.75, 3.05) is 49.8 Å². The average Bonchev–Trinajstić information content (AvgIpc) is 1.62. The van der Waals surface area contributed by atoms with Gasteiger partial charge >= 0.3 is 5.97 Å². The molecule has 15 rings (SSSR count). The van der Waals surface area contributed by atoms with E-state index in [4.69, 9.17) is 55.6 Å². The molecule has 0 aliphatic heterocycles. The summed E-state index contributed by atoms with van der Waals surface area (Å²) in [5.41, 5.74) is 13.0. The van der Waals surface area contributed by atoms with Crippen LogP contribution in [0.1, 0.15) is 212 Å². The van der Waals surface area contributed by atoms with Crippen LogP contribution in [0.2, 0.25) is 0 Å². The molecule has 10 aromatic carbocycles. The zero-order valence-electron chi connectivity index (χ0n) is 76.4. The molecule has 0 saturated heterocycles. The molecule has 5 heterocycles. The molecule has 22 heteroatoms. The van der Waals surface area contributed by atoms with E-state index in [-0.39, 0.29) is 11.4 Å². The van der Waals surface area contributed by atoms with Gasteiger partial charge in [0, 0.05) is 62.8 Å². The predicted octanol–water partition coefficient (Wildman–Crippen LogP) is 30.5. The van der Waals surface area contributed by atoms with Gasteiger partial charge in [-0.25, -0.2) is 34.2 Å². The molecule has 15 aromatic rings. The highest BCUT2D eigenvalue weighted by atomic mass is 32.1. The number of nitriles is 1. The third-order valence-electron chi connectivity index (χ3n) is 20.9. The maximum absolute atomic E-state index is 11.6. The fourth-order valence-electron chi connectivity index (χ4n) is 12.3. The summed E-state index contributed by atoms with van der Waals surface area (Å²) >= 11 is 3.75. The quantitative estimate of drug-likeness (QED) is 0.0205. The lowest BCUT2D eigenvalue weighted by molar-refractivity contribution is -0.215. The van der Waals surface area contributed by atoms with Gasteiger partial charge in [0.25, 0.3) is 0 Å². The Bertz CT molecular complexity index is 5260. The molecule has 124 heavy (non-hydrogen) atoms. The first-order valence-corrected chi connectivity index (χ1v) is 43.1. The zero-order chi connectivity index (χ0) is 92.6. The third kappa shape index (κ3) is 35.5. The van der Waals surface area contributed by atoms with Crippen molar-refractivity contribution in [2.24, 2.45) is 5.41 Å². The Labute approximate surface area is 741 Å². The maximum atomic E-state index is 11.6. The van der Waals surface area contributed by atoms with Gasteiger partial charge in [0.05, 0.1) is 72.9 Å². The number of carbonyl (C=O) groups excluding carboxylic acids is 1. The summed E-state index contributed by atoms with van der Waals surface area (Å²) in [5, 5.41) is 71.2. The van der Waals surface area contributed by atoms with Gasteiger partial charge in [-0.1, -0.05) is 253 Å². The summed E-state index contributed by atoms with van der Waals surface area (Å²) in [5.74, 6) is 3.58. The summed E-state index contributed by atoms with van der Waals surface area (Å²) in [6, 6.07) is 84.3. The van der Waals surface area contributed by atoms with Crippen molar-refractivity contribution in [1.82, 2.24) is 4.98 Å². The highest BCUT2D eigenvalue weighted by molar-refractivity contribution is 7.26. The van der Waals surface area contributed by atoms with Crippen molar-refractivity contribution < 1.29 is 89.4 Å². The van der Waals surface area contributed by atoms with Gasteiger partial charge in [-0.3, -0.25) is 41.6 Å². The van der Waals surface area contributed by atoms with Gasteiger partial charge in [-0.05, 0) is 206 Å². The van der Waals surface area contributed by atoms with Crippen LogP contribution in [0, 0.1) is 16.7 Å². The van der Waals surface area contributed by atoms with Crippen LogP contribution >= 0.6 is 22.7 Å². The molecule has 0 amide bonds. The Morgan fingerprint density at radius 3 is 1.41 bits per heavy atom. The number of hydrogen-bond donors (Lipinski definition) is 8. The molecule has 672 valence electrons. The lowest BCUT2D eigenvalue weighted by Crippen LogP contribution is -2.28. The topological polar surface area (TPSA) is 298 Å². The normalized spacial score (nSPS) is 12.0. The lowest BCUT2D eigenvalue weighted by Gasteiger charge is -2.19. The Hall–Kier alpha value is -10.1. The van der Waals surface area contributed by atoms with Crippen LogP contribution in [0.3, 0.4) is 0 Å². The monoisotopic (exact) mass is 1740 g/mol. The third-order valence-corrected chi connectivity index (χ3v) is 23.1. The second kappa shape index (κ2) is 62.1. The highest BCUT2D eigenvalue weighted by Crippen LogP contribution is 2.40. The van der Waals surface area contributed by atoms with Crippen molar-refractivity contribution in [3.8, 4) is 11.8 Å². The smallest absolute Gasteiger partial charge is 0.316 e. The second-order valence-electron chi connectivity index (χ2n) is 29.5. The van der Waals surface area contributed by atoms with Crippen LogP contribution in [0.4, 0.5) is 0 Å². The average molecular weight is 1740 g/mol. The number of thiophene rings is 2. The van der Waals surface area contributed by atoms with Crippen LogP contribution in [0.25, 0.3) is 85.0 Å². The van der Waals surface area contributed by atoms with E-state index in [0.717, 1.165) is 41.6 Å². The fourth-order valence-corrected chi connectivity index (χ4v) is 14.4. The molecule has 8 N–H and O–H groups in total. The summed E-state index contributed by atoms with van der Waals surface area (Å²) in [7, 11) is 8.26. The van der Waals surface area contributed by atoms with Crippen LogP contribution in [-0.2, 0) is 44.4 Å². The molecule has 0 bridgehead atoms. The first kappa shape index (κ1) is 110. The summed E-state index contributed by atoms with van der Waals surface area (Å²) in [6.45, 7) is 32.3. The lowest BCUT2D eigenvalue weighted by atomic mass is 9.82. The summed E-state index contributed by atoms with van der Waals surface area (Å²) in [6.07, 6.45) is 9.30. The molecule has 0 radical (unpaired) electrons. The maximum Gasteiger partial charge on any atom is 0.316 e. The Morgan fingerprint density at radius 2 is 0.863 bits per heavy atom. The first-order chi connectivity index (χ1) is 59.7. The number of para-hydroxylation sites is 3. The van der Waals surface area contributed by atoms with Gasteiger partial charge in [0.1, 0.15) is 22.5 Å². The van der Waals surface area contributed by atoms with Gasteiger partial charge in [0.15, 0.2) is 0 Å². The zero-order valence-corrected chi connectivity index (χ0v) is 78.0. The SMILES string of the molecule is CCC(C)(C#N)c1ccccc1.CCC(C)(C)C(=O)Oc1ccccc1.CCC(C)c1ccc2c(c1)oc1ccccc12.CCC(C)c1ccc2ccoc2c1.CCC(C)c1ccc2sccc2c1.CCC(C)c1cccc2[nH]c3ccccc3c12.CCC(C)c1cccc2c1sc1ccccc12.COO.COO.COO.COO.COO.COO.COO. The number of aromatic amines is 1. The van der Waals surface area contributed by atoms with Crippen molar-refractivity contribution in [1.29, 1.82) is 5.26 Å². The van der Waals surface area contributed by atoms with Crippen LogP contribution in [-0.4, -0.2) is 97.5 Å². The number of H-pyrrole nitrogens is 1. The largest absolute Gasteiger partial charge is 0.464 e. The minimum absolute atomic E-state index is 0.175. The number of rotatable bonds is 15. The number of nitrogens with zero attached hydrogens (tertiary/aromatic N) is 1. The number of hydrogen-bond acceptors (Lipinski definition) is 21. The van der Waals surface area contributed by atoms with Crippen LogP contribution in [0.15, 0.2) is 257 Å². The number of benzene rings is 10. The van der Waals surface area contributed by atoms with Crippen molar-refractivity contribution in [3.63, 3.8) is 0 Å². The molecule has 6 atom stereocenters. The molecule has 0 spiro atoms. The number of furan rings is 2. The number of nitrogens with one attached hydrogen (secondary N) is 1. The fraction of sp³-hybridized carbons (Fsp3) is 0.353. The number of aromatic nitrogens is 1. The van der Waals surface area contributed by atoms with Gasteiger partial charge in [0.2, 0.25) is 0 Å². The Kier molecular flexibility index (Phi) is 55.1. The highest BCUT2D eigenvalue weighted by Gasteiger charge is 2.28. The van der Waals surface area contributed by atoms with Crippen molar-refractivity contribution in [2.45, 2.75) is 184 Å². The molecule has 5 aromatic heterocycles. The van der Waals surface area contributed by atoms with Crippen molar-refractivity contribution in [3.05, 3.63) is 282 Å². The van der Waals surface area contributed by atoms with E-state index in [0.29, 0.717) is 35.3 Å². The van der Waals surface area contributed by atoms with E-state index in [9.17, 15) is 4.79 Å². The molecule has 6 unspecified atom stereocenters. The molecule has 0 aliphatic carbocycles. The van der Waals surface area contributed by atoms with E-state index in [2.05, 4.69) is 278 Å². The molecule has 0 saturated carbocycles. The van der Waals surface area contributed by atoms with Crippen molar-refractivity contribution >= 4 is 114 Å². The minimum atomic E-state index is -0.407. The summed E-state index contributed by atoms with van der Waals surface area (Å²) < 4.78 is 20.7. The van der Waals surface area contributed by atoms with Gasteiger partial charge in [-0.15, -0.1) is 22.7 Å². The number of carbonyl (C=O) groups is 1. The Morgan fingerprint density at radius 1 is 0.419 bits per heavy atom. The van der Waals surface area contributed by atoms with Gasteiger partial charge in [-0.2, -0.15) is 5.26 Å². The first-order valence-electron chi connectivity index (χ1n) is 41.4. The standard InChI is InChI=1S/C16H17N.C16H16O.C16H16S.C12H16O2.C12H14O.C12H14S.C11H13N.7CH4O2/c1-3-11(2)12-8-6-10-15-16(12)13-7-4-5-9-14(13)17-15;1-3-11(2)12-8-9-14-13-6-4-5-7-15(13)17-16(14)10-12;1-3-11(2)12-8-6-9-14-13-7-4-5-10-15(13)17-16(12)14;1-4-12(2,3)11(13)14-10-8-6-5-7-9-10;1-3-9(2)11-5-4-10-6-7-13-12(10)8-11;1-3-9(2)10-4-5-12-11(8-10)6-7-13-12;1-3-11(2,9-12)10-7-5-4-6-8-10;7*1-3-2/h4-11,17H,3H2,1-2H3;2*4-11H,3H2,1-2H3;5-9H,4H2,1-3H3;2*4-9H,3H2,1-2H3;4-8H,3H2,1-2H3;7*2H,1H3. The van der Waals surface area contributed by atoms with E-state index in [1.54, 1.807) is 18.4 Å². The molecule has 0 fully saturated rings.